The van der Waals surface area contributed by atoms with Crippen molar-refractivity contribution >= 4 is 5.91 Å². The smallest absolute Gasteiger partial charge is 0.236 e. The lowest BCUT2D eigenvalue weighted by molar-refractivity contribution is -0.131. The Morgan fingerprint density at radius 2 is 1.89 bits per heavy atom. The second-order valence-electron chi connectivity index (χ2n) is 5.19. The number of benzene rings is 1. The van der Waals surface area contributed by atoms with Crippen LogP contribution in [0.4, 0.5) is 0 Å². The van der Waals surface area contributed by atoms with E-state index in [-0.39, 0.29) is 11.9 Å². The zero-order valence-corrected chi connectivity index (χ0v) is 11.8. The van der Waals surface area contributed by atoms with Crippen molar-refractivity contribution in [2.24, 2.45) is 0 Å². The summed E-state index contributed by atoms with van der Waals surface area (Å²) in [5.41, 5.74) is 1.26. The first kappa shape index (κ1) is 14.1. The maximum absolute atomic E-state index is 12.1. The molecule has 1 aliphatic heterocycles. The van der Waals surface area contributed by atoms with Crippen molar-refractivity contribution in [1.82, 2.24) is 10.2 Å². The van der Waals surface area contributed by atoms with Crippen LogP contribution in [0.3, 0.4) is 0 Å². The molecule has 1 saturated heterocycles. The molecule has 1 fully saturated rings. The number of carbonyl (C=O) groups is 1. The molecule has 1 aromatic rings. The van der Waals surface area contributed by atoms with Gasteiger partial charge in [-0.2, -0.15) is 0 Å². The average molecular weight is 260 g/mol. The van der Waals surface area contributed by atoms with Crippen LogP contribution in [0.1, 0.15) is 44.2 Å². The van der Waals surface area contributed by atoms with Crippen LogP contribution in [-0.2, 0) is 4.79 Å². The Bertz CT molecular complexity index is 385. The molecule has 0 spiro atoms. The Labute approximate surface area is 116 Å². The van der Waals surface area contributed by atoms with E-state index in [0.717, 1.165) is 32.4 Å². The van der Waals surface area contributed by atoms with Gasteiger partial charge in [-0.3, -0.25) is 4.79 Å². The summed E-state index contributed by atoms with van der Waals surface area (Å²) in [6.45, 7) is 4.47. The van der Waals surface area contributed by atoms with E-state index in [2.05, 4.69) is 24.4 Å². The number of piperidine rings is 1. The number of hydrogen-bond donors (Lipinski definition) is 1. The number of likely N-dealkylation sites (tertiary alicyclic amines) is 1. The lowest BCUT2D eigenvalue weighted by atomic mass is 10.0. The lowest BCUT2D eigenvalue weighted by Gasteiger charge is -2.27. The van der Waals surface area contributed by atoms with Crippen molar-refractivity contribution in [2.75, 3.05) is 19.6 Å². The summed E-state index contributed by atoms with van der Waals surface area (Å²) in [5.74, 6) is 0.245. The van der Waals surface area contributed by atoms with E-state index in [1.54, 1.807) is 0 Å². The Kier molecular flexibility index (Phi) is 5.40. The molecule has 104 valence electrons. The topological polar surface area (TPSA) is 32.3 Å². The van der Waals surface area contributed by atoms with Crippen molar-refractivity contribution in [1.29, 1.82) is 0 Å². The van der Waals surface area contributed by atoms with E-state index >= 15 is 0 Å². The molecular weight excluding hydrogens is 236 g/mol. The zero-order chi connectivity index (χ0) is 13.5. The molecule has 1 heterocycles. The molecule has 1 N–H and O–H groups in total. The van der Waals surface area contributed by atoms with E-state index in [1.165, 1.54) is 12.0 Å². The van der Waals surface area contributed by atoms with Gasteiger partial charge in [0.15, 0.2) is 0 Å². The van der Waals surface area contributed by atoms with Crippen molar-refractivity contribution < 1.29 is 4.79 Å². The third-order valence-corrected chi connectivity index (χ3v) is 3.82. The molecule has 0 aliphatic carbocycles. The normalized spacial score (nSPS) is 17.2. The molecule has 0 radical (unpaired) electrons. The monoisotopic (exact) mass is 260 g/mol. The van der Waals surface area contributed by atoms with Crippen LogP contribution < -0.4 is 5.32 Å². The molecule has 1 aromatic carbocycles. The van der Waals surface area contributed by atoms with Crippen molar-refractivity contribution in [3.63, 3.8) is 0 Å². The van der Waals surface area contributed by atoms with Gasteiger partial charge in [0.2, 0.25) is 5.91 Å². The summed E-state index contributed by atoms with van der Waals surface area (Å²) in [5, 5.41) is 3.39. The Balaban J connectivity index is 1.84. The molecule has 19 heavy (non-hydrogen) atoms. The van der Waals surface area contributed by atoms with Crippen LogP contribution in [-0.4, -0.2) is 30.4 Å². The van der Waals surface area contributed by atoms with Crippen LogP contribution >= 0.6 is 0 Å². The fourth-order valence-electron chi connectivity index (χ4n) is 2.65. The van der Waals surface area contributed by atoms with Gasteiger partial charge in [0.25, 0.3) is 0 Å². The molecular formula is C16H24N2O. The van der Waals surface area contributed by atoms with E-state index in [4.69, 9.17) is 0 Å². The van der Waals surface area contributed by atoms with Gasteiger partial charge in [-0.05, 0) is 31.2 Å². The second kappa shape index (κ2) is 7.29. The van der Waals surface area contributed by atoms with Gasteiger partial charge in [-0.15, -0.1) is 0 Å². The molecule has 1 aliphatic rings. The standard InChI is InChI=1S/C16H24N2O/c1-2-15(14-9-5-3-6-10-14)17-13-16(19)18-11-7-4-8-12-18/h3,5-6,9-10,15,17H,2,4,7-8,11-13H2,1H3. The Morgan fingerprint density at radius 1 is 1.21 bits per heavy atom. The molecule has 0 saturated carbocycles. The SMILES string of the molecule is CCC(NCC(=O)N1CCCCC1)c1ccccc1. The number of rotatable bonds is 5. The maximum Gasteiger partial charge on any atom is 0.236 e. The van der Waals surface area contributed by atoms with Gasteiger partial charge in [0.1, 0.15) is 0 Å². The predicted octanol–water partition coefficient (Wildman–Crippen LogP) is 2.74. The third-order valence-electron chi connectivity index (χ3n) is 3.82. The number of carbonyl (C=O) groups excluding carboxylic acids is 1. The van der Waals surface area contributed by atoms with Crippen LogP contribution in [0.25, 0.3) is 0 Å². The van der Waals surface area contributed by atoms with Gasteiger partial charge in [0.05, 0.1) is 6.54 Å². The summed E-state index contributed by atoms with van der Waals surface area (Å²) in [4.78, 5) is 14.1. The molecule has 0 aromatic heterocycles. The van der Waals surface area contributed by atoms with Gasteiger partial charge in [-0.1, -0.05) is 37.3 Å². The number of nitrogens with zero attached hydrogens (tertiary/aromatic N) is 1. The first-order valence-electron chi connectivity index (χ1n) is 7.37. The molecule has 1 unspecified atom stereocenters. The average Bonchev–Trinajstić information content (AvgIpc) is 2.49. The van der Waals surface area contributed by atoms with Crippen molar-refractivity contribution in [3.8, 4) is 0 Å². The summed E-state index contributed by atoms with van der Waals surface area (Å²) in [7, 11) is 0. The number of nitrogens with one attached hydrogen (secondary N) is 1. The molecule has 2 rings (SSSR count). The zero-order valence-electron chi connectivity index (χ0n) is 11.8. The van der Waals surface area contributed by atoms with Gasteiger partial charge in [-0.25, -0.2) is 0 Å². The maximum atomic E-state index is 12.1. The molecule has 0 bridgehead atoms. The first-order chi connectivity index (χ1) is 9.31. The van der Waals surface area contributed by atoms with Crippen LogP contribution in [0.2, 0.25) is 0 Å². The quantitative estimate of drug-likeness (QED) is 0.883. The summed E-state index contributed by atoms with van der Waals surface area (Å²) >= 11 is 0. The highest BCUT2D eigenvalue weighted by Gasteiger charge is 2.17. The molecule has 1 amide bonds. The Hall–Kier alpha value is -1.35. The highest BCUT2D eigenvalue weighted by atomic mass is 16.2. The second-order valence-corrected chi connectivity index (χ2v) is 5.19. The minimum absolute atomic E-state index is 0.245. The van der Waals surface area contributed by atoms with E-state index < -0.39 is 0 Å². The fourth-order valence-corrected chi connectivity index (χ4v) is 2.65. The van der Waals surface area contributed by atoms with Crippen LogP contribution in [0.5, 0.6) is 0 Å². The summed E-state index contributed by atoms with van der Waals surface area (Å²) < 4.78 is 0. The highest BCUT2D eigenvalue weighted by Crippen LogP contribution is 2.16. The van der Waals surface area contributed by atoms with Crippen LogP contribution in [0, 0.1) is 0 Å². The third kappa shape index (κ3) is 4.06. The van der Waals surface area contributed by atoms with Gasteiger partial charge in [0, 0.05) is 19.1 Å². The molecule has 3 nitrogen and oxygen atoms in total. The van der Waals surface area contributed by atoms with E-state index in [1.807, 2.05) is 23.1 Å². The van der Waals surface area contributed by atoms with Gasteiger partial charge < -0.3 is 10.2 Å². The van der Waals surface area contributed by atoms with Crippen LogP contribution in [0.15, 0.2) is 30.3 Å². The highest BCUT2D eigenvalue weighted by molar-refractivity contribution is 5.78. The first-order valence-corrected chi connectivity index (χ1v) is 7.37. The summed E-state index contributed by atoms with van der Waals surface area (Å²) in [6, 6.07) is 10.6. The fraction of sp³-hybridized carbons (Fsp3) is 0.562. The largest absolute Gasteiger partial charge is 0.342 e. The minimum atomic E-state index is 0.245. The predicted molar refractivity (Wildman–Crippen MR) is 77.9 cm³/mol. The van der Waals surface area contributed by atoms with E-state index in [0.29, 0.717) is 6.54 Å². The molecule has 3 heteroatoms. The van der Waals surface area contributed by atoms with Crippen molar-refractivity contribution in [3.05, 3.63) is 35.9 Å². The Morgan fingerprint density at radius 3 is 2.53 bits per heavy atom. The molecule has 1 atom stereocenters. The summed E-state index contributed by atoms with van der Waals surface area (Å²) in [6.07, 6.45) is 4.57. The van der Waals surface area contributed by atoms with Gasteiger partial charge >= 0.3 is 0 Å². The minimum Gasteiger partial charge on any atom is -0.342 e. The van der Waals surface area contributed by atoms with E-state index in [9.17, 15) is 4.79 Å². The lowest BCUT2D eigenvalue weighted by Crippen LogP contribution is -2.41. The number of hydrogen-bond acceptors (Lipinski definition) is 2. The number of amides is 1. The van der Waals surface area contributed by atoms with Crippen molar-refractivity contribution in [2.45, 2.75) is 38.6 Å².